The summed E-state index contributed by atoms with van der Waals surface area (Å²) >= 11 is 19.3. The second kappa shape index (κ2) is 8.19. The summed E-state index contributed by atoms with van der Waals surface area (Å²) in [6.45, 7) is -0.651. The number of nitrogens with zero attached hydrogens (tertiary/aromatic N) is 2. The summed E-state index contributed by atoms with van der Waals surface area (Å²) in [5, 5.41) is 3.60. The van der Waals surface area contributed by atoms with Gasteiger partial charge < -0.3 is 10.1 Å². The number of aromatic nitrogens is 2. The van der Waals surface area contributed by atoms with Crippen molar-refractivity contribution >= 4 is 73.9 Å². The maximum Gasteiger partial charge on any atom is 0.350 e. The molecule has 2 aromatic heterocycles. The lowest BCUT2D eigenvalue weighted by Crippen LogP contribution is -2.38. The van der Waals surface area contributed by atoms with E-state index in [9.17, 15) is 19.2 Å². The summed E-state index contributed by atoms with van der Waals surface area (Å²) < 4.78 is 7.56. The summed E-state index contributed by atoms with van der Waals surface area (Å²) in [6.07, 6.45) is 0. The molecule has 1 aromatic carbocycles. The van der Waals surface area contributed by atoms with E-state index in [0.29, 0.717) is 15.1 Å². The van der Waals surface area contributed by atoms with Gasteiger partial charge in [-0.3, -0.25) is 18.7 Å². The fraction of sp³-hybridized carbons (Fsp3) is 0.176. The van der Waals surface area contributed by atoms with Crippen LogP contribution < -0.4 is 16.6 Å². The number of anilines is 1. The van der Waals surface area contributed by atoms with Crippen LogP contribution in [0.25, 0.3) is 10.1 Å². The van der Waals surface area contributed by atoms with E-state index < -0.39 is 29.7 Å². The van der Waals surface area contributed by atoms with Gasteiger partial charge in [0, 0.05) is 35.3 Å². The first-order valence-electron chi connectivity index (χ1n) is 7.91. The van der Waals surface area contributed by atoms with Gasteiger partial charge in [0.15, 0.2) is 6.61 Å². The predicted molar refractivity (Wildman–Crippen MR) is 113 cm³/mol. The van der Waals surface area contributed by atoms with Gasteiger partial charge in [-0.05, 0) is 12.1 Å². The Hall–Kier alpha value is -2.33. The Bertz CT molecular complexity index is 1280. The first-order valence-corrected chi connectivity index (χ1v) is 9.86. The van der Waals surface area contributed by atoms with E-state index in [-0.39, 0.29) is 20.7 Å². The van der Waals surface area contributed by atoms with Gasteiger partial charge in [-0.25, -0.2) is 9.59 Å². The number of rotatable bonds is 4. The Morgan fingerprint density at radius 1 is 1.10 bits per heavy atom. The van der Waals surface area contributed by atoms with Crippen molar-refractivity contribution in [3.63, 3.8) is 0 Å². The summed E-state index contributed by atoms with van der Waals surface area (Å²) in [7, 11) is 2.70. The van der Waals surface area contributed by atoms with Crippen molar-refractivity contribution in [3.8, 4) is 0 Å². The van der Waals surface area contributed by atoms with E-state index in [1.165, 1.54) is 20.2 Å². The third kappa shape index (κ3) is 4.18. The number of thiophene rings is 1. The number of hydrogen-bond donors (Lipinski definition) is 1. The molecule has 0 saturated heterocycles. The number of amides is 1. The standard InChI is InChI=1S/C17H12Cl3N3O5S/c1-22-10(5-12(25)23(2)17(22)27)21-11(24)6-28-16(26)15-14(20)13-8(19)3-7(18)4-9(13)29-15/h3-5H,6H2,1-2H3,(H,21,24). The van der Waals surface area contributed by atoms with Crippen LogP contribution >= 0.6 is 46.1 Å². The van der Waals surface area contributed by atoms with Crippen molar-refractivity contribution in [3.05, 3.63) is 59.0 Å². The summed E-state index contributed by atoms with van der Waals surface area (Å²) in [5.74, 6) is -1.59. The molecular formula is C17H12Cl3N3O5S. The molecule has 0 atom stereocenters. The largest absolute Gasteiger partial charge is 0.451 e. The number of nitrogens with one attached hydrogen (secondary N) is 1. The minimum Gasteiger partial charge on any atom is -0.451 e. The van der Waals surface area contributed by atoms with Gasteiger partial charge in [-0.15, -0.1) is 11.3 Å². The molecule has 0 fully saturated rings. The average Bonchev–Trinajstić information content (AvgIpc) is 2.99. The van der Waals surface area contributed by atoms with Gasteiger partial charge in [0.05, 0.1) is 10.0 Å². The molecule has 29 heavy (non-hydrogen) atoms. The fourth-order valence-corrected chi connectivity index (χ4v) is 4.73. The lowest BCUT2D eigenvalue weighted by Gasteiger charge is -2.10. The lowest BCUT2D eigenvalue weighted by atomic mass is 10.2. The highest BCUT2D eigenvalue weighted by atomic mass is 35.5. The van der Waals surface area contributed by atoms with Crippen LogP contribution in [0.2, 0.25) is 15.1 Å². The van der Waals surface area contributed by atoms with Crippen LogP contribution in [0, 0.1) is 0 Å². The zero-order chi connectivity index (χ0) is 21.5. The third-order valence-electron chi connectivity index (χ3n) is 3.96. The first-order chi connectivity index (χ1) is 13.6. The van der Waals surface area contributed by atoms with E-state index in [2.05, 4.69) is 5.32 Å². The molecule has 152 valence electrons. The number of benzene rings is 1. The van der Waals surface area contributed by atoms with E-state index in [1.807, 2.05) is 0 Å². The van der Waals surface area contributed by atoms with Crippen LogP contribution in [0.3, 0.4) is 0 Å². The summed E-state index contributed by atoms with van der Waals surface area (Å²) in [4.78, 5) is 48.1. The SMILES string of the molecule is Cn1c(NC(=O)COC(=O)c2sc3cc(Cl)cc(Cl)c3c2Cl)cc(=O)n(C)c1=O. The van der Waals surface area contributed by atoms with E-state index in [1.54, 1.807) is 6.07 Å². The Kier molecular flexibility index (Phi) is 6.04. The Labute approximate surface area is 182 Å². The molecule has 1 N–H and O–H groups in total. The zero-order valence-corrected chi connectivity index (χ0v) is 18.0. The van der Waals surface area contributed by atoms with Crippen LogP contribution in [-0.2, 0) is 23.6 Å². The van der Waals surface area contributed by atoms with Crippen molar-refractivity contribution in [1.82, 2.24) is 9.13 Å². The average molecular weight is 477 g/mol. The number of carbonyl (C=O) groups excluding carboxylic acids is 2. The molecule has 0 aliphatic carbocycles. The Morgan fingerprint density at radius 2 is 1.79 bits per heavy atom. The maximum absolute atomic E-state index is 12.3. The normalized spacial score (nSPS) is 10.9. The predicted octanol–water partition coefficient (Wildman–Crippen LogP) is 3.05. The van der Waals surface area contributed by atoms with Crippen molar-refractivity contribution < 1.29 is 14.3 Å². The van der Waals surface area contributed by atoms with Crippen LogP contribution in [0.15, 0.2) is 27.8 Å². The van der Waals surface area contributed by atoms with Gasteiger partial charge in [0.25, 0.3) is 11.5 Å². The number of hydrogen-bond acceptors (Lipinski definition) is 6. The van der Waals surface area contributed by atoms with Crippen molar-refractivity contribution in [2.75, 3.05) is 11.9 Å². The number of fused-ring (bicyclic) bond motifs is 1. The smallest absolute Gasteiger partial charge is 0.350 e. The van der Waals surface area contributed by atoms with Crippen LogP contribution in [0.5, 0.6) is 0 Å². The second-order valence-electron chi connectivity index (χ2n) is 5.90. The monoisotopic (exact) mass is 475 g/mol. The summed E-state index contributed by atoms with van der Waals surface area (Å²) in [5.41, 5.74) is -1.20. The van der Waals surface area contributed by atoms with Crippen molar-refractivity contribution in [1.29, 1.82) is 0 Å². The van der Waals surface area contributed by atoms with Gasteiger partial charge in [0.1, 0.15) is 10.7 Å². The Morgan fingerprint density at radius 3 is 2.48 bits per heavy atom. The fourth-order valence-electron chi connectivity index (χ4n) is 2.47. The van der Waals surface area contributed by atoms with Gasteiger partial charge in [-0.2, -0.15) is 0 Å². The molecule has 1 amide bonds. The maximum atomic E-state index is 12.3. The molecule has 3 aromatic rings. The highest BCUT2D eigenvalue weighted by molar-refractivity contribution is 7.21. The number of ether oxygens (including phenoxy) is 1. The molecule has 3 rings (SSSR count). The molecular weight excluding hydrogens is 465 g/mol. The molecule has 0 radical (unpaired) electrons. The zero-order valence-electron chi connectivity index (χ0n) is 14.9. The van der Waals surface area contributed by atoms with Gasteiger partial charge >= 0.3 is 11.7 Å². The molecule has 12 heteroatoms. The van der Waals surface area contributed by atoms with E-state index >= 15 is 0 Å². The van der Waals surface area contributed by atoms with E-state index in [4.69, 9.17) is 39.5 Å². The highest BCUT2D eigenvalue weighted by Gasteiger charge is 2.22. The molecule has 0 saturated carbocycles. The van der Waals surface area contributed by atoms with Crippen LogP contribution in [0.4, 0.5) is 5.82 Å². The quantitative estimate of drug-likeness (QED) is 0.584. The first kappa shape index (κ1) is 21.4. The molecule has 0 unspecified atom stereocenters. The van der Waals surface area contributed by atoms with E-state index in [0.717, 1.165) is 26.5 Å². The molecule has 2 heterocycles. The van der Waals surface area contributed by atoms with Gasteiger partial charge in [-0.1, -0.05) is 34.8 Å². The minimum absolute atomic E-state index is 0.0273. The number of esters is 1. The highest BCUT2D eigenvalue weighted by Crippen LogP contribution is 2.41. The number of carbonyl (C=O) groups is 2. The summed E-state index contributed by atoms with van der Waals surface area (Å²) in [6, 6.07) is 4.19. The van der Waals surface area contributed by atoms with Crippen molar-refractivity contribution in [2.45, 2.75) is 0 Å². The van der Waals surface area contributed by atoms with Crippen molar-refractivity contribution in [2.24, 2.45) is 14.1 Å². The molecule has 0 aliphatic heterocycles. The van der Waals surface area contributed by atoms with Crippen LogP contribution in [0.1, 0.15) is 9.67 Å². The minimum atomic E-state index is -0.823. The second-order valence-corrected chi connectivity index (χ2v) is 8.17. The topological polar surface area (TPSA) is 99.4 Å². The molecule has 8 nitrogen and oxygen atoms in total. The molecule has 0 spiro atoms. The number of halogens is 3. The molecule has 0 aliphatic rings. The van der Waals surface area contributed by atoms with Crippen LogP contribution in [-0.4, -0.2) is 27.6 Å². The lowest BCUT2D eigenvalue weighted by molar-refractivity contribution is -0.119. The molecule has 0 bridgehead atoms. The Balaban J connectivity index is 1.75. The third-order valence-corrected chi connectivity index (χ3v) is 6.09. The van der Waals surface area contributed by atoms with Gasteiger partial charge in [0.2, 0.25) is 0 Å².